The second kappa shape index (κ2) is 12.3. The minimum Gasteiger partial charge on any atom is -0.353 e. The van der Waals surface area contributed by atoms with E-state index < -0.39 is 0 Å². The van der Waals surface area contributed by atoms with Crippen molar-refractivity contribution in [3.8, 4) is 0 Å². The lowest BCUT2D eigenvalue weighted by atomic mass is 10.1. The van der Waals surface area contributed by atoms with Crippen LogP contribution in [0.1, 0.15) is 18.9 Å². The first-order valence-corrected chi connectivity index (χ1v) is 10.9. The van der Waals surface area contributed by atoms with Crippen molar-refractivity contribution in [1.29, 1.82) is 0 Å². The van der Waals surface area contributed by atoms with E-state index in [0.29, 0.717) is 29.2 Å². The Labute approximate surface area is 182 Å². The summed E-state index contributed by atoms with van der Waals surface area (Å²) in [6, 6.07) is 12.0. The molecule has 7 heteroatoms. The number of aryl methyl sites for hydroxylation is 1. The quantitative estimate of drug-likeness (QED) is 0.232. The molecule has 0 bridgehead atoms. The molecule has 1 aromatic carbocycles. The molecule has 0 aliphatic carbocycles. The van der Waals surface area contributed by atoms with Gasteiger partial charge in [0.2, 0.25) is 5.91 Å². The molecule has 0 aliphatic rings. The van der Waals surface area contributed by atoms with E-state index in [2.05, 4.69) is 40.6 Å². The summed E-state index contributed by atoms with van der Waals surface area (Å²) in [4.78, 5) is 23.0. The van der Waals surface area contributed by atoms with E-state index >= 15 is 0 Å². The fraction of sp³-hybridized carbons (Fsp3) is 0.318. The largest absolute Gasteiger partial charge is 0.353 e. The van der Waals surface area contributed by atoms with Gasteiger partial charge in [-0.15, -0.1) is 13.2 Å². The van der Waals surface area contributed by atoms with Gasteiger partial charge in [-0.25, -0.2) is 9.97 Å². The Morgan fingerprint density at radius 2 is 1.93 bits per heavy atom. The third-order valence-electron chi connectivity index (χ3n) is 4.13. The number of nitrogens with zero attached hydrogens (tertiary/aromatic N) is 3. The standard InChI is InChI=1S/C22H27ClN4OS/c1-4-13-27(14-5-2)20-15-19(23)25-22(26-20)29-16-21(28)24-17(3)11-12-18-9-7-6-8-10-18/h4-10,15,17H,1-2,11-14,16H2,3H3,(H,24,28). The van der Waals surface area contributed by atoms with Crippen LogP contribution in [0.15, 0.2) is 66.9 Å². The zero-order chi connectivity index (χ0) is 21.1. The highest BCUT2D eigenvalue weighted by Crippen LogP contribution is 2.22. The summed E-state index contributed by atoms with van der Waals surface area (Å²) in [6.07, 6.45) is 5.39. The monoisotopic (exact) mass is 430 g/mol. The van der Waals surface area contributed by atoms with Crippen molar-refractivity contribution in [2.24, 2.45) is 0 Å². The first-order valence-electron chi connectivity index (χ1n) is 9.49. The van der Waals surface area contributed by atoms with E-state index in [-0.39, 0.29) is 17.7 Å². The Bertz CT molecular complexity index is 806. The molecule has 1 amide bonds. The van der Waals surface area contributed by atoms with Gasteiger partial charge in [-0.2, -0.15) is 0 Å². The van der Waals surface area contributed by atoms with Gasteiger partial charge in [0.15, 0.2) is 5.16 Å². The van der Waals surface area contributed by atoms with Crippen molar-refractivity contribution in [3.63, 3.8) is 0 Å². The molecular weight excluding hydrogens is 404 g/mol. The van der Waals surface area contributed by atoms with Crippen LogP contribution in [-0.2, 0) is 11.2 Å². The minimum absolute atomic E-state index is 0.0465. The number of amides is 1. The molecule has 2 aromatic rings. The number of aromatic nitrogens is 2. The molecule has 29 heavy (non-hydrogen) atoms. The Balaban J connectivity index is 1.87. The maximum Gasteiger partial charge on any atom is 0.230 e. The van der Waals surface area contributed by atoms with Crippen LogP contribution < -0.4 is 10.2 Å². The lowest BCUT2D eigenvalue weighted by molar-refractivity contribution is -0.119. The molecule has 1 heterocycles. The molecule has 154 valence electrons. The van der Waals surface area contributed by atoms with Crippen LogP contribution in [-0.4, -0.2) is 40.8 Å². The maximum atomic E-state index is 12.3. The van der Waals surface area contributed by atoms with Crippen LogP contribution in [0.4, 0.5) is 5.82 Å². The summed E-state index contributed by atoms with van der Waals surface area (Å²) in [5.74, 6) is 0.872. The average Bonchev–Trinajstić information content (AvgIpc) is 2.71. The van der Waals surface area contributed by atoms with Crippen molar-refractivity contribution in [3.05, 3.63) is 72.4 Å². The van der Waals surface area contributed by atoms with Crippen molar-refractivity contribution in [2.45, 2.75) is 31.0 Å². The number of rotatable bonds is 12. The predicted octanol–water partition coefficient (Wildman–Crippen LogP) is 4.54. The zero-order valence-electron chi connectivity index (χ0n) is 16.7. The van der Waals surface area contributed by atoms with E-state index in [0.717, 1.165) is 12.8 Å². The molecule has 0 radical (unpaired) electrons. The fourth-order valence-electron chi connectivity index (χ4n) is 2.73. The van der Waals surface area contributed by atoms with Crippen LogP contribution in [0.25, 0.3) is 0 Å². The Morgan fingerprint density at radius 3 is 2.59 bits per heavy atom. The summed E-state index contributed by atoms with van der Waals surface area (Å²) in [6.45, 7) is 10.8. The van der Waals surface area contributed by atoms with Crippen LogP contribution in [0.2, 0.25) is 5.15 Å². The van der Waals surface area contributed by atoms with E-state index in [4.69, 9.17) is 11.6 Å². The normalized spacial score (nSPS) is 11.5. The van der Waals surface area contributed by atoms with E-state index in [1.165, 1.54) is 17.3 Å². The number of carbonyl (C=O) groups is 1. The van der Waals surface area contributed by atoms with Gasteiger partial charge < -0.3 is 10.2 Å². The zero-order valence-corrected chi connectivity index (χ0v) is 18.3. The molecule has 1 N–H and O–H groups in total. The van der Waals surface area contributed by atoms with Gasteiger partial charge in [0.05, 0.1) is 5.75 Å². The lowest BCUT2D eigenvalue weighted by Crippen LogP contribution is -2.34. The van der Waals surface area contributed by atoms with Gasteiger partial charge in [0, 0.05) is 25.2 Å². The molecular formula is C22H27ClN4OS. The van der Waals surface area contributed by atoms with Gasteiger partial charge in [-0.1, -0.05) is 65.8 Å². The smallest absolute Gasteiger partial charge is 0.230 e. The summed E-state index contributed by atoms with van der Waals surface area (Å²) in [5, 5.41) is 3.84. The molecule has 0 aliphatic heterocycles. The van der Waals surface area contributed by atoms with Gasteiger partial charge in [0.25, 0.3) is 0 Å². The third-order valence-corrected chi connectivity index (χ3v) is 5.17. The molecule has 0 saturated carbocycles. The fourth-order valence-corrected chi connectivity index (χ4v) is 3.62. The topological polar surface area (TPSA) is 58.1 Å². The van der Waals surface area contributed by atoms with Gasteiger partial charge >= 0.3 is 0 Å². The molecule has 5 nitrogen and oxygen atoms in total. The number of carbonyl (C=O) groups excluding carboxylic acids is 1. The second-order valence-electron chi connectivity index (χ2n) is 6.60. The number of benzene rings is 1. The Hall–Kier alpha value is -2.31. The van der Waals surface area contributed by atoms with Crippen molar-refractivity contribution < 1.29 is 4.79 Å². The number of halogens is 1. The Kier molecular flexibility index (Phi) is 9.74. The molecule has 1 aromatic heterocycles. The van der Waals surface area contributed by atoms with Gasteiger partial charge in [-0.05, 0) is 25.3 Å². The highest BCUT2D eigenvalue weighted by atomic mass is 35.5. The van der Waals surface area contributed by atoms with Crippen molar-refractivity contribution >= 4 is 35.1 Å². The van der Waals surface area contributed by atoms with Crippen LogP contribution in [0, 0.1) is 0 Å². The number of hydrogen-bond donors (Lipinski definition) is 1. The first kappa shape index (κ1) is 23.0. The highest BCUT2D eigenvalue weighted by Gasteiger charge is 2.13. The van der Waals surface area contributed by atoms with E-state index in [9.17, 15) is 4.79 Å². The molecule has 0 fully saturated rings. The number of anilines is 1. The number of nitrogens with one attached hydrogen (secondary N) is 1. The molecule has 0 saturated heterocycles. The Morgan fingerprint density at radius 1 is 1.24 bits per heavy atom. The number of hydrogen-bond acceptors (Lipinski definition) is 5. The maximum absolute atomic E-state index is 12.3. The van der Waals surface area contributed by atoms with E-state index in [1.807, 2.05) is 30.0 Å². The van der Waals surface area contributed by atoms with Crippen LogP contribution >= 0.6 is 23.4 Å². The SMILES string of the molecule is C=CCN(CC=C)c1cc(Cl)nc(SCC(=O)NC(C)CCc2ccccc2)n1. The average molecular weight is 431 g/mol. The first-order chi connectivity index (χ1) is 14.0. The molecule has 1 atom stereocenters. The highest BCUT2D eigenvalue weighted by molar-refractivity contribution is 7.99. The van der Waals surface area contributed by atoms with Gasteiger partial charge in [0.1, 0.15) is 11.0 Å². The number of thioether (sulfide) groups is 1. The van der Waals surface area contributed by atoms with Crippen LogP contribution in [0.3, 0.4) is 0 Å². The molecule has 2 rings (SSSR count). The summed E-state index contributed by atoms with van der Waals surface area (Å²) in [5.41, 5.74) is 1.27. The van der Waals surface area contributed by atoms with E-state index in [1.54, 1.807) is 18.2 Å². The minimum atomic E-state index is -0.0465. The van der Waals surface area contributed by atoms with Gasteiger partial charge in [-0.3, -0.25) is 4.79 Å². The summed E-state index contributed by atoms with van der Waals surface area (Å²) in [7, 11) is 0. The summed E-state index contributed by atoms with van der Waals surface area (Å²) >= 11 is 7.42. The lowest BCUT2D eigenvalue weighted by Gasteiger charge is -2.20. The second-order valence-corrected chi connectivity index (χ2v) is 7.93. The molecule has 1 unspecified atom stereocenters. The van der Waals surface area contributed by atoms with Crippen molar-refractivity contribution in [1.82, 2.24) is 15.3 Å². The van der Waals surface area contributed by atoms with Crippen LogP contribution in [0.5, 0.6) is 0 Å². The predicted molar refractivity (Wildman–Crippen MR) is 123 cm³/mol. The summed E-state index contributed by atoms with van der Waals surface area (Å²) < 4.78 is 0. The third kappa shape index (κ3) is 8.30. The molecule has 0 spiro atoms. The van der Waals surface area contributed by atoms with Crippen molar-refractivity contribution in [2.75, 3.05) is 23.7 Å².